The lowest BCUT2D eigenvalue weighted by Gasteiger charge is -2.13. The number of carbonyl (C=O) groups excluding carboxylic acids is 1. The normalized spacial score (nSPS) is 22.7. The van der Waals surface area contributed by atoms with Gasteiger partial charge in [0.15, 0.2) is 0 Å². The molecular formula is C11H23N3O. The van der Waals surface area contributed by atoms with E-state index in [1.165, 1.54) is 6.42 Å². The third kappa shape index (κ3) is 5.14. The predicted octanol–water partition coefficient (Wildman–Crippen LogP) is 0.243. The zero-order chi connectivity index (χ0) is 11.1. The Labute approximate surface area is 92.2 Å². The lowest BCUT2D eigenvalue weighted by Crippen LogP contribution is -2.37. The van der Waals surface area contributed by atoms with Gasteiger partial charge in [0.25, 0.3) is 0 Å². The largest absolute Gasteiger partial charge is 0.354 e. The first-order valence-corrected chi connectivity index (χ1v) is 5.95. The molecule has 88 valence electrons. The molecule has 4 heteroatoms. The monoisotopic (exact) mass is 213 g/mol. The van der Waals surface area contributed by atoms with Crippen LogP contribution in [0, 0.1) is 0 Å². The fourth-order valence-corrected chi connectivity index (χ4v) is 1.67. The van der Waals surface area contributed by atoms with E-state index in [9.17, 15) is 4.79 Å². The maximum atomic E-state index is 11.4. The van der Waals surface area contributed by atoms with Crippen molar-refractivity contribution >= 4 is 5.91 Å². The molecule has 0 spiro atoms. The van der Waals surface area contributed by atoms with Gasteiger partial charge in [-0.25, -0.2) is 0 Å². The van der Waals surface area contributed by atoms with E-state index in [0.717, 1.165) is 26.1 Å². The molecule has 1 amide bonds. The van der Waals surface area contributed by atoms with Crippen LogP contribution in [0.4, 0.5) is 0 Å². The second kappa shape index (κ2) is 6.80. The van der Waals surface area contributed by atoms with E-state index in [1.807, 2.05) is 6.92 Å². The number of amides is 1. The summed E-state index contributed by atoms with van der Waals surface area (Å²) < 4.78 is 0. The minimum absolute atomic E-state index is 0.155. The summed E-state index contributed by atoms with van der Waals surface area (Å²) in [6.45, 7) is 7.03. The second-order valence-electron chi connectivity index (χ2n) is 4.27. The molecule has 1 aliphatic rings. The van der Waals surface area contributed by atoms with E-state index in [0.29, 0.717) is 18.5 Å². The minimum Gasteiger partial charge on any atom is -0.354 e. The average molecular weight is 213 g/mol. The Balaban J connectivity index is 2.01. The molecule has 4 nitrogen and oxygen atoms in total. The van der Waals surface area contributed by atoms with Gasteiger partial charge in [-0.2, -0.15) is 0 Å². The van der Waals surface area contributed by atoms with E-state index in [2.05, 4.69) is 22.9 Å². The van der Waals surface area contributed by atoms with Crippen LogP contribution in [0.2, 0.25) is 0 Å². The molecule has 0 aliphatic carbocycles. The summed E-state index contributed by atoms with van der Waals surface area (Å²) in [6, 6.07) is 0.854. The molecule has 1 heterocycles. The lowest BCUT2D eigenvalue weighted by atomic mass is 10.2. The van der Waals surface area contributed by atoms with Gasteiger partial charge in [-0.05, 0) is 26.3 Å². The fourth-order valence-electron chi connectivity index (χ4n) is 1.67. The summed E-state index contributed by atoms with van der Waals surface area (Å²) in [6.07, 6.45) is 2.75. The second-order valence-corrected chi connectivity index (χ2v) is 4.27. The van der Waals surface area contributed by atoms with Gasteiger partial charge in [0.05, 0.1) is 0 Å². The van der Waals surface area contributed by atoms with Gasteiger partial charge in [-0.15, -0.1) is 0 Å². The summed E-state index contributed by atoms with van der Waals surface area (Å²) in [5.41, 5.74) is 0. The van der Waals surface area contributed by atoms with Crippen molar-refractivity contribution < 1.29 is 4.79 Å². The van der Waals surface area contributed by atoms with E-state index in [-0.39, 0.29) is 5.91 Å². The van der Waals surface area contributed by atoms with E-state index < -0.39 is 0 Å². The van der Waals surface area contributed by atoms with Crippen molar-refractivity contribution in [1.29, 1.82) is 0 Å². The van der Waals surface area contributed by atoms with Crippen LogP contribution in [0.25, 0.3) is 0 Å². The van der Waals surface area contributed by atoms with Gasteiger partial charge >= 0.3 is 0 Å². The molecule has 1 aliphatic heterocycles. The van der Waals surface area contributed by atoms with Gasteiger partial charge < -0.3 is 16.0 Å². The van der Waals surface area contributed by atoms with Crippen LogP contribution >= 0.6 is 0 Å². The summed E-state index contributed by atoms with van der Waals surface area (Å²) >= 11 is 0. The maximum Gasteiger partial charge on any atom is 0.221 e. The molecule has 0 bridgehead atoms. The highest BCUT2D eigenvalue weighted by atomic mass is 16.1. The van der Waals surface area contributed by atoms with E-state index in [4.69, 9.17) is 0 Å². The molecule has 1 fully saturated rings. The quantitative estimate of drug-likeness (QED) is 0.592. The average Bonchev–Trinajstić information content (AvgIpc) is 2.70. The Morgan fingerprint density at radius 3 is 3.00 bits per heavy atom. The molecule has 0 radical (unpaired) electrons. The van der Waals surface area contributed by atoms with Crippen molar-refractivity contribution in [2.75, 3.05) is 19.6 Å². The Hall–Kier alpha value is -0.610. The van der Waals surface area contributed by atoms with Crippen LogP contribution in [0.15, 0.2) is 0 Å². The zero-order valence-corrected chi connectivity index (χ0v) is 9.81. The Morgan fingerprint density at radius 1 is 1.60 bits per heavy atom. The minimum atomic E-state index is 0.155. The van der Waals surface area contributed by atoms with Crippen LogP contribution in [-0.4, -0.2) is 37.6 Å². The third-order valence-electron chi connectivity index (χ3n) is 2.87. The van der Waals surface area contributed by atoms with Crippen molar-refractivity contribution in [3.63, 3.8) is 0 Å². The first-order chi connectivity index (χ1) is 7.22. The van der Waals surface area contributed by atoms with Gasteiger partial charge in [0.2, 0.25) is 5.91 Å². The van der Waals surface area contributed by atoms with Gasteiger partial charge in [0.1, 0.15) is 0 Å². The van der Waals surface area contributed by atoms with E-state index in [1.54, 1.807) is 0 Å². The Bertz CT molecular complexity index is 190. The van der Waals surface area contributed by atoms with Crippen molar-refractivity contribution in [1.82, 2.24) is 16.0 Å². The summed E-state index contributed by atoms with van der Waals surface area (Å²) in [5, 5.41) is 9.63. The number of carbonyl (C=O) groups is 1. The number of hydrogen-bond acceptors (Lipinski definition) is 3. The molecule has 2 atom stereocenters. The smallest absolute Gasteiger partial charge is 0.221 e. The molecule has 3 N–H and O–H groups in total. The van der Waals surface area contributed by atoms with Crippen molar-refractivity contribution in [2.24, 2.45) is 0 Å². The fraction of sp³-hybridized carbons (Fsp3) is 0.909. The van der Waals surface area contributed by atoms with Gasteiger partial charge in [-0.1, -0.05) is 6.92 Å². The predicted molar refractivity (Wildman–Crippen MR) is 61.8 cm³/mol. The molecule has 15 heavy (non-hydrogen) atoms. The number of nitrogens with one attached hydrogen (secondary N) is 3. The van der Waals surface area contributed by atoms with Crippen molar-refractivity contribution in [2.45, 2.75) is 45.2 Å². The summed E-state index contributed by atoms with van der Waals surface area (Å²) in [7, 11) is 0. The molecule has 0 saturated carbocycles. The number of hydrogen-bond donors (Lipinski definition) is 3. The highest BCUT2D eigenvalue weighted by Crippen LogP contribution is 1.96. The topological polar surface area (TPSA) is 53.2 Å². The van der Waals surface area contributed by atoms with Crippen LogP contribution in [0.3, 0.4) is 0 Å². The Kier molecular flexibility index (Phi) is 5.65. The van der Waals surface area contributed by atoms with Crippen LogP contribution in [-0.2, 0) is 4.79 Å². The first kappa shape index (κ1) is 12.5. The highest BCUT2D eigenvalue weighted by molar-refractivity contribution is 5.76. The molecule has 0 aromatic heterocycles. The highest BCUT2D eigenvalue weighted by Gasteiger charge is 2.13. The van der Waals surface area contributed by atoms with Crippen LogP contribution < -0.4 is 16.0 Å². The van der Waals surface area contributed by atoms with Gasteiger partial charge in [0, 0.05) is 31.6 Å². The van der Waals surface area contributed by atoms with Crippen LogP contribution in [0.1, 0.15) is 33.1 Å². The molecular weight excluding hydrogens is 190 g/mol. The molecule has 0 aromatic carbocycles. The summed E-state index contributed by atoms with van der Waals surface area (Å²) in [4.78, 5) is 11.4. The maximum absolute atomic E-state index is 11.4. The zero-order valence-electron chi connectivity index (χ0n) is 9.81. The van der Waals surface area contributed by atoms with Crippen molar-refractivity contribution in [3.8, 4) is 0 Å². The standard InChI is InChI=1S/C11H23N3O/c1-3-9(2)14-11(15)5-7-13-10-4-6-12-8-10/h9-10,12-13H,3-8H2,1-2H3,(H,14,15). The van der Waals surface area contributed by atoms with E-state index >= 15 is 0 Å². The Morgan fingerprint density at radius 2 is 2.40 bits per heavy atom. The van der Waals surface area contributed by atoms with Crippen LogP contribution in [0.5, 0.6) is 0 Å². The van der Waals surface area contributed by atoms with Crippen molar-refractivity contribution in [3.05, 3.63) is 0 Å². The lowest BCUT2D eigenvalue weighted by molar-refractivity contribution is -0.121. The first-order valence-electron chi connectivity index (χ1n) is 5.95. The molecule has 1 saturated heterocycles. The third-order valence-corrected chi connectivity index (χ3v) is 2.87. The SMILES string of the molecule is CCC(C)NC(=O)CCNC1CCNC1. The number of rotatable bonds is 6. The molecule has 0 aromatic rings. The molecule has 2 unspecified atom stereocenters. The van der Waals surface area contributed by atoms with Gasteiger partial charge in [-0.3, -0.25) is 4.79 Å². The summed E-state index contributed by atoms with van der Waals surface area (Å²) in [5.74, 6) is 0.155. The molecule has 1 rings (SSSR count).